The average Bonchev–Trinajstić information content (AvgIpc) is 3.55. The predicted octanol–water partition coefficient (Wildman–Crippen LogP) is 8.28. The van der Waals surface area contributed by atoms with Gasteiger partial charge in [-0.25, -0.2) is 0 Å². The first kappa shape index (κ1) is 31.2. The van der Waals surface area contributed by atoms with Gasteiger partial charge in [0.25, 0.3) is 0 Å². The van der Waals surface area contributed by atoms with Crippen molar-refractivity contribution < 1.29 is 33.3 Å². The summed E-state index contributed by atoms with van der Waals surface area (Å²) in [6.45, 7) is 3.17. The van der Waals surface area contributed by atoms with E-state index in [0.29, 0.717) is 0 Å². The van der Waals surface area contributed by atoms with Gasteiger partial charge in [0.1, 0.15) is 22.8 Å². The van der Waals surface area contributed by atoms with Crippen LogP contribution in [0.1, 0.15) is 37.3 Å². The minimum atomic E-state index is 0. The highest BCUT2D eigenvalue weighted by Crippen LogP contribution is 2.42. The third-order valence-electron chi connectivity index (χ3n) is 8.95. The molecule has 1 aliphatic carbocycles. The van der Waals surface area contributed by atoms with Gasteiger partial charge in [0.2, 0.25) is 11.0 Å². The summed E-state index contributed by atoms with van der Waals surface area (Å²) in [5.41, 5.74) is 14.2. The Labute approximate surface area is 297 Å². The molecule has 2 heterocycles. The summed E-state index contributed by atoms with van der Waals surface area (Å²) in [6.07, 6.45) is 10.1. The molecule has 0 radical (unpaired) electrons. The van der Waals surface area contributed by atoms with Crippen LogP contribution < -0.4 is 38.2 Å². The first-order valence-electron chi connectivity index (χ1n) is 16.1. The Morgan fingerprint density at radius 2 is 1.45 bits per heavy atom. The number of aryl methyl sites for hydroxylation is 1. The van der Waals surface area contributed by atoms with Crippen LogP contribution in [0, 0.1) is 0 Å². The summed E-state index contributed by atoms with van der Waals surface area (Å²) in [6, 6.07) is 43.1. The zero-order valence-corrected chi connectivity index (χ0v) is 29.2. The number of hydrogen-bond acceptors (Lipinski definition) is 3. The van der Waals surface area contributed by atoms with Crippen molar-refractivity contribution in [3.05, 3.63) is 161 Å². The maximum Gasteiger partial charge on any atom is 0.230 e. The average molecular weight is 743 g/mol. The zero-order valence-electron chi connectivity index (χ0n) is 26.3. The van der Waals surface area contributed by atoms with Crippen LogP contribution in [0.3, 0.4) is 0 Å². The number of fused-ring (bicyclic) bond motifs is 3. The van der Waals surface area contributed by atoms with Crippen molar-refractivity contribution in [1.82, 2.24) is 0 Å². The fraction of sp³-hybridized carbons (Fsp3) is 0.119. The Balaban J connectivity index is 0.00000351. The predicted molar refractivity (Wildman–Crippen MR) is 193 cm³/mol. The van der Waals surface area contributed by atoms with E-state index in [9.17, 15) is 0 Å². The molecule has 1 aromatic heterocycles. The van der Waals surface area contributed by atoms with E-state index in [1.807, 2.05) is 0 Å². The lowest BCUT2D eigenvalue weighted by Gasteiger charge is -2.27. The lowest BCUT2D eigenvalue weighted by molar-refractivity contribution is -0.663. The quantitative estimate of drug-likeness (QED) is 0.121. The smallest absolute Gasteiger partial charge is 0.230 e. The molecule has 2 aliphatic rings. The molecule has 0 N–H and O–H groups in total. The molecule has 0 amide bonds. The van der Waals surface area contributed by atoms with Gasteiger partial charge in [0.05, 0.1) is 0 Å². The maximum atomic E-state index is 6.74. The molecule has 0 saturated carbocycles. The fourth-order valence-electron chi connectivity index (χ4n) is 6.63. The minimum absolute atomic E-state index is 0. The topological polar surface area (TPSA) is 16.4 Å². The second-order valence-corrected chi connectivity index (χ2v) is 12.7. The Hall–Kier alpha value is -4.46. The molecule has 0 bridgehead atoms. The molecule has 0 unspecified atom stereocenters. The molecule has 232 valence electrons. The molecule has 8 rings (SSSR count). The van der Waals surface area contributed by atoms with Crippen LogP contribution in [0.5, 0.6) is 5.75 Å². The monoisotopic (exact) mass is 742 g/mol. The number of benzene rings is 5. The normalized spacial score (nSPS) is 13.9. The van der Waals surface area contributed by atoms with Crippen molar-refractivity contribution in [2.75, 3.05) is 4.90 Å². The number of aromatic nitrogens is 1. The largest absolute Gasteiger partial charge is 1.00 e. The molecule has 5 heteroatoms. The van der Waals surface area contributed by atoms with Crippen molar-refractivity contribution in [1.29, 1.82) is 0 Å². The van der Waals surface area contributed by atoms with E-state index < -0.39 is 0 Å². The summed E-state index contributed by atoms with van der Waals surface area (Å²) >= 11 is 1.80. The van der Waals surface area contributed by atoms with E-state index in [4.69, 9.17) is 4.74 Å². The van der Waals surface area contributed by atoms with Crippen molar-refractivity contribution >= 4 is 50.8 Å². The maximum absolute atomic E-state index is 6.74. The highest BCUT2D eigenvalue weighted by molar-refractivity contribution is 7.16. The molecule has 3 nitrogen and oxygen atoms in total. The molecule has 0 atom stereocenters. The highest BCUT2D eigenvalue weighted by Gasteiger charge is 2.24. The molecule has 5 aromatic carbocycles. The van der Waals surface area contributed by atoms with Gasteiger partial charge < -0.3 is 33.6 Å². The fourth-order valence-corrected chi connectivity index (χ4v) is 7.63. The van der Waals surface area contributed by atoms with Crippen LogP contribution in [0.15, 0.2) is 150 Å². The zero-order chi connectivity index (χ0) is 30.9. The van der Waals surface area contributed by atoms with E-state index >= 15 is 0 Å². The first-order chi connectivity index (χ1) is 22.7. The van der Waals surface area contributed by atoms with Gasteiger partial charge in [-0.3, -0.25) is 0 Å². The molecule has 0 spiro atoms. The molecule has 47 heavy (non-hydrogen) atoms. The van der Waals surface area contributed by atoms with Gasteiger partial charge in [-0.05, 0) is 115 Å². The van der Waals surface area contributed by atoms with Gasteiger partial charge in [-0.15, -0.1) is 0 Å². The summed E-state index contributed by atoms with van der Waals surface area (Å²) < 4.78 is 10.4. The van der Waals surface area contributed by atoms with E-state index in [-0.39, 0.29) is 24.0 Å². The van der Waals surface area contributed by atoms with Crippen LogP contribution in [-0.4, -0.2) is 0 Å². The van der Waals surface area contributed by atoms with E-state index in [1.54, 1.807) is 11.3 Å². The Bertz CT molecular complexity index is 2090. The van der Waals surface area contributed by atoms with E-state index in [0.717, 1.165) is 71.1 Å². The van der Waals surface area contributed by atoms with Crippen LogP contribution in [-0.2, 0) is 6.54 Å². The molecular formula is C42H35IN2OS. The van der Waals surface area contributed by atoms with E-state index in [2.05, 4.69) is 161 Å². The third kappa shape index (κ3) is 6.18. The molecular weight excluding hydrogens is 707 g/mol. The number of ether oxygens (including phenoxy) is 1. The summed E-state index contributed by atoms with van der Waals surface area (Å²) in [4.78, 5) is 2.29. The lowest BCUT2D eigenvalue weighted by atomic mass is 9.89. The number of rotatable bonds is 7. The SMILES string of the molecule is CC[n+]1csc2cccc(/C=C/C3=C4Oc5cc(-c6ccc(N(c7ccccc7)c7ccccc7)cc6)ccc5C=C4CCC3)c21.[I-]. The van der Waals surface area contributed by atoms with Crippen LogP contribution in [0.25, 0.3) is 33.5 Å². The summed E-state index contributed by atoms with van der Waals surface area (Å²) in [5, 5.41) is 0. The highest BCUT2D eigenvalue weighted by atomic mass is 127. The standard InChI is InChI=1S/C42H35N2OS.HI/c1-2-43-29-46-40-18-10-11-31(41(40)43)19-20-32-12-9-13-35-27-34-22-21-33(28-39(34)45-42(32)35)30-23-25-38(26-24-30)44(36-14-5-3-6-15-36)37-16-7-4-8-17-37;/h3-8,10-11,14-29H,2,9,12-13H2,1H3;1H/q+1;/p-1/b20-19+;. The molecule has 0 fully saturated rings. The number of allylic oxidation sites excluding steroid dienone is 3. The van der Waals surface area contributed by atoms with Crippen molar-refractivity contribution in [2.24, 2.45) is 0 Å². The van der Waals surface area contributed by atoms with E-state index in [1.165, 1.54) is 26.9 Å². The van der Waals surface area contributed by atoms with Gasteiger partial charge in [0.15, 0.2) is 0 Å². The number of thiazole rings is 1. The lowest BCUT2D eigenvalue weighted by Crippen LogP contribution is -3.00. The number of para-hydroxylation sites is 3. The number of hydrogen-bond donors (Lipinski definition) is 0. The summed E-state index contributed by atoms with van der Waals surface area (Å²) in [5.74, 6) is 1.96. The minimum Gasteiger partial charge on any atom is -1.00 e. The van der Waals surface area contributed by atoms with Crippen LogP contribution >= 0.6 is 11.3 Å². The van der Waals surface area contributed by atoms with Crippen LogP contribution in [0.2, 0.25) is 0 Å². The molecule has 6 aromatic rings. The Kier molecular flexibility index (Phi) is 9.09. The van der Waals surface area contributed by atoms with Crippen molar-refractivity contribution in [3.63, 3.8) is 0 Å². The number of nitrogens with zero attached hydrogens (tertiary/aromatic N) is 2. The Morgan fingerprint density at radius 3 is 2.17 bits per heavy atom. The van der Waals surface area contributed by atoms with Gasteiger partial charge in [-0.1, -0.05) is 84.1 Å². The van der Waals surface area contributed by atoms with Crippen LogP contribution in [0.4, 0.5) is 17.1 Å². The van der Waals surface area contributed by atoms with Gasteiger partial charge in [-0.2, -0.15) is 4.57 Å². The molecule has 1 aliphatic heterocycles. The van der Waals surface area contributed by atoms with Gasteiger partial charge in [0, 0.05) is 28.2 Å². The van der Waals surface area contributed by atoms with Crippen molar-refractivity contribution in [3.8, 4) is 16.9 Å². The number of anilines is 3. The third-order valence-corrected chi connectivity index (χ3v) is 9.89. The van der Waals surface area contributed by atoms with Crippen molar-refractivity contribution in [2.45, 2.75) is 32.7 Å². The second kappa shape index (κ2) is 13.7. The Morgan fingerprint density at radius 1 is 0.745 bits per heavy atom. The summed E-state index contributed by atoms with van der Waals surface area (Å²) in [7, 11) is 0. The first-order valence-corrected chi connectivity index (χ1v) is 17.0. The van der Waals surface area contributed by atoms with Gasteiger partial charge >= 0.3 is 0 Å². The molecule has 0 saturated heterocycles. The second-order valence-electron chi connectivity index (χ2n) is 11.8. The number of halogens is 1.